The predicted octanol–water partition coefficient (Wildman–Crippen LogP) is 3.09. The summed E-state index contributed by atoms with van der Waals surface area (Å²) in [5.74, 6) is 2.30. The Hall–Kier alpha value is -1.36. The van der Waals surface area contributed by atoms with E-state index in [9.17, 15) is 13.2 Å². The normalized spacial score (nSPS) is 27.8. The number of nitrogens with one attached hydrogen (secondary N) is 1. The summed E-state index contributed by atoms with van der Waals surface area (Å²) in [6, 6.07) is 6.65. The van der Waals surface area contributed by atoms with Crippen LogP contribution in [0.1, 0.15) is 50.6 Å². The smallest absolute Gasteiger partial charge is 0.220 e. The zero-order valence-corrected chi connectivity index (χ0v) is 14.6. The molecule has 2 aliphatic carbocycles. The van der Waals surface area contributed by atoms with Crippen molar-refractivity contribution in [2.45, 2.75) is 50.0 Å². The monoisotopic (exact) mass is 335 g/mol. The van der Waals surface area contributed by atoms with Crippen molar-refractivity contribution in [3.63, 3.8) is 0 Å². The van der Waals surface area contributed by atoms with E-state index in [4.69, 9.17) is 0 Å². The maximum atomic E-state index is 12.3. The van der Waals surface area contributed by atoms with Crippen LogP contribution in [0.4, 0.5) is 0 Å². The van der Waals surface area contributed by atoms with Crippen LogP contribution in [0.2, 0.25) is 0 Å². The van der Waals surface area contributed by atoms with Crippen LogP contribution < -0.4 is 5.32 Å². The molecule has 4 nitrogen and oxygen atoms in total. The van der Waals surface area contributed by atoms with Crippen LogP contribution in [-0.4, -0.2) is 20.6 Å². The van der Waals surface area contributed by atoms with Crippen LogP contribution in [0.15, 0.2) is 29.2 Å². The van der Waals surface area contributed by atoms with E-state index in [1.807, 2.05) is 6.92 Å². The molecule has 2 aliphatic rings. The highest BCUT2D eigenvalue weighted by atomic mass is 32.2. The van der Waals surface area contributed by atoms with Crippen molar-refractivity contribution in [2.24, 2.45) is 17.8 Å². The number of hydrogen-bond donors (Lipinski definition) is 1. The highest BCUT2D eigenvalue weighted by Crippen LogP contribution is 2.49. The second kappa shape index (κ2) is 6.27. The summed E-state index contributed by atoms with van der Waals surface area (Å²) in [5.41, 5.74) is 0.929. The minimum absolute atomic E-state index is 0.102. The van der Waals surface area contributed by atoms with Crippen LogP contribution in [0.25, 0.3) is 0 Å². The molecule has 4 unspecified atom stereocenters. The lowest BCUT2D eigenvalue weighted by Gasteiger charge is -2.22. The molecular formula is C18H25NO3S. The quantitative estimate of drug-likeness (QED) is 0.899. The largest absolute Gasteiger partial charge is 0.350 e. The van der Waals surface area contributed by atoms with Gasteiger partial charge in [0.1, 0.15) is 0 Å². The summed E-state index contributed by atoms with van der Waals surface area (Å²) >= 11 is 0. The molecular weight excluding hydrogens is 310 g/mol. The lowest BCUT2D eigenvalue weighted by molar-refractivity contribution is -0.123. The third-order valence-electron chi connectivity index (χ3n) is 5.52. The Balaban J connectivity index is 1.56. The van der Waals surface area contributed by atoms with Crippen LogP contribution >= 0.6 is 0 Å². The first-order valence-electron chi connectivity index (χ1n) is 8.42. The average molecular weight is 335 g/mol. The lowest BCUT2D eigenvalue weighted by atomic mass is 9.86. The Morgan fingerprint density at radius 3 is 2.43 bits per heavy atom. The van der Waals surface area contributed by atoms with Gasteiger partial charge in [-0.3, -0.25) is 4.79 Å². The third kappa shape index (κ3) is 3.77. The topological polar surface area (TPSA) is 63.2 Å². The lowest BCUT2D eigenvalue weighted by Crippen LogP contribution is -2.29. The highest BCUT2D eigenvalue weighted by Gasteiger charge is 2.40. The van der Waals surface area contributed by atoms with E-state index < -0.39 is 9.84 Å². The first-order chi connectivity index (χ1) is 10.8. The molecule has 5 heteroatoms. The van der Waals surface area contributed by atoms with Gasteiger partial charge >= 0.3 is 0 Å². The maximum absolute atomic E-state index is 12.3. The molecule has 0 heterocycles. The molecule has 2 fully saturated rings. The molecule has 1 amide bonds. The molecule has 1 N–H and O–H groups in total. The number of carbonyl (C=O) groups excluding carboxylic acids is 1. The minimum atomic E-state index is -3.18. The van der Waals surface area contributed by atoms with Crippen LogP contribution in [-0.2, 0) is 14.6 Å². The first-order valence-corrected chi connectivity index (χ1v) is 10.3. The fourth-order valence-corrected chi connectivity index (χ4v) is 4.88. The van der Waals surface area contributed by atoms with Gasteiger partial charge < -0.3 is 5.32 Å². The molecule has 4 atom stereocenters. The van der Waals surface area contributed by atoms with Gasteiger partial charge in [0.25, 0.3) is 0 Å². The second-order valence-corrected chi connectivity index (χ2v) is 9.29. The van der Waals surface area contributed by atoms with Crippen molar-refractivity contribution in [3.8, 4) is 0 Å². The van der Waals surface area contributed by atoms with Crippen molar-refractivity contribution in [2.75, 3.05) is 6.26 Å². The number of rotatable bonds is 5. The summed E-state index contributed by atoms with van der Waals surface area (Å²) in [6.45, 7) is 1.94. The van der Waals surface area contributed by atoms with Crippen LogP contribution in [0.3, 0.4) is 0 Å². The molecule has 0 radical (unpaired) electrons. The summed E-state index contributed by atoms with van der Waals surface area (Å²) in [4.78, 5) is 12.6. The van der Waals surface area contributed by atoms with Gasteiger partial charge in [-0.25, -0.2) is 8.42 Å². The van der Waals surface area contributed by atoms with Gasteiger partial charge in [-0.1, -0.05) is 18.6 Å². The molecule has 0 saturated heterocycles. The maximum Gasteiger partial charge on any atom is 0.220 e. The molecule has 2 saturated carbocycles. The summed E-state index contributed by atoms with van der Waals surface area (Å²) in [6.07, 6.45) is 7.02. The number of carbonyl (C=O) groups is 1. The summed E-state index contributed by atoms with van der Waals surface area (Å²) < 4.78 is 23.0. The van der Waals surface area contributed by atoms with Gasteiger partial charge in [-0.15, -0.1) is 0 Å². The summed E-state index contributed by atoms with van der Waals surface area (Å²) in [5, 5.41) is 3.05. The first kappa shape index (κ1) is 16.5. The molecule has 3 rings (SSSR count). The van der Waals surface area contributed by atoms with Gasteiger partial charge in [0, 0.05) is 12.7 Å². The number of benzene rings is 1. The van der Waals surface area contributed by atoms with Crippen LogP contribution in [0, 0.1) is 17.8 Å². The van der Waals surface area contributed by atoms with E-state index in [2.05, 4.69) is 5.32 Å². The van der Waals surface area contributed by atoms with E-state index in [-0.39, 0.29) is 11.9 Å². The number of fused-ring (bicyclic) bond motifs is 2. The zero-order chi connectivity index (χ0) is 16.6. The van der Waals surface area contributed by atoms with Crippen molar-refractivity contribution in [1.82, 2.24) is 5.32 Å². The van der Waals surface area contributed by atoms with Gasteiger partial charge in [-0.2, -0.15) is 0 Å². The predicted molar refractivity (Wildman–Crippen MR) is 89.7 cm³/mol. The molecule has 0 spiro atoms. The van der Waals surface area contributed by atoms with Crippen molar-refractivity contribution < 1.29 is 13.2 Å². The Kier molecular flexibility index (Phi) is 4.50. The van der Waals surface area contributed by atoms with Crippen molar-refractivity contribution >= 4 is 15.7 Å². The molecule has 23 heavy (non-hydrogen) atoms. The van der Waals surface area contributed by atoms with Crippen molar-refractivity contribution in [3.05, 3.63) is 29.8 Å². The standard InChI is InChI=1S/C18H25NO3S/c1-12(14-5-7-17(8-6-14)23(2,21)22)19-18(20)11-16-10-13-3-4-15(16)9-13/h5-8,12-13,15-16H,3-4,9-11H2,1-2H3,(H,19,20). The number of amides is 1. The molecule has 126 valence electrons. The van der Waals surface area contributed by atoms with Crippen molar-refractivity contribution in [1.29, 1.82) is 0 Å². The number of hydrogen-bond acceptors (Lipinski definition) is 3. The molecule has 0 aliphatic heterocycles. The molecule has 1 aromatic rings. The molecule has 1 aromatic carbocycles. The molecule has 0 aromatic heterocycles. The van der Waals surface area contributed by atoms with Gasteiger partial charge in [-0.05, 0) is 61.6 Å². The van der Waals surface area contributed by atoms with E-state index in [1.54, 1.807) is 24.3 Å². The Labute approximate surface area is 138 Å². The van der Waals surface area contributed by atoms with E-state index in [0.29, 0.717) is 17.2 Å². The van der Waals surface area contributed by atoms with Gasteiger partial charge in [0.2, 0.25) is 5.91 Å². The zero-order valence-electron chi connectivity index (χ0n) is 13.8. The Bertz CT molecular complexity index is 681. The fraction of sp³-hybridized carbons (Fsp3) is 0.611. The van der Waals surface area contributed by atoms with E-state index >= 15 is 0 Å². The number of sulfone groups is 1. The average Bonchev–Trinajstić information content (AvgIpc) is 3.09. The molecule has 2 bridgehead atoms. The minimum Gasteiger partial charge on any atom is -0.350 e. The SMILES string of the molecule is CC(NC(=O)CC1CC2CCC1C2)c1ccc(S(C)(=O)=O)cc1. The Morgan fingerprint density at radius 1 is 1.22 bits per heavy atom. The fourth-order valence-electron chi connectivity index (χ4n) is 4.25. The third-order valence-corrected chi connectivity index (χ3v) is 6.65. The highest BCUT2D eigenvalue weighted by molar-refractivity contribution is 7.90. The summed E-state index contributed by atoms with van der Waals surface area (Å²) in [7, 11) is -3.18. The second-order valence-electron chi connectivity index (χ2n) is 7.27. The van der Waals surface area contributed by atoms with E-state index in [1.165, 1.54) is 31.9 Å². The Morgan fingerprint density at radius 2 is 1.91 bits per heavy atom. The van der Waals surface area contributed by atoms with Gasteiger partial charge in [0.05, 0.1) is 10.9 Å². The van der Waals surface area contributed by atoms with E-state index in [0.717, 1.165) is 17.4 Å². The van der Waals surface area contributed by atoms with Gasteiger partial charge in [0.15, 0.2) is 9.84 Å². The van der Waals surface area contributed by atoms with Crippen LogP contribution in [0.5, 0.6) is 0 Å².